The first-order valence-electron chi connectivity index (χ1n) is 3.19. The Bertz CT molecular complexity index is 422. The highest BCUT2D eigenvalue weighted by Crippen LogP contribution is 2.23. The van der Waals surface area contributed by atoms with Crippen molar-refractivity contribution in [1.82, 2.24) is 4.98 Å². The molecule has 0 fully saturated rings. The fraction of sp³-hybridized carbons (Fsp3) is 0. The average Bonchev–Trinajstić information content (AvgIpc) is 2.47. The van der Waals surface area contributed by atoms with Crippen LogP contribution in [0.15, 0.2) is 23.8 Å². The fourth-order valence-corrected chi connectivity index (χ4v) is 1.86. The maximum Gasteiger partial charge on any atom is 0.0539 e. The van der Waals surface area contributed by atoms with Crippen LogP contribution in [0.1, 0.15) is 5.56 Å². The molecule has 0 atom stereocenters. The molecule has 0 aliphatic carbocycles. The van der Waals surface area contributed by atoms with Crippen molar-refractivity contribution < 1.29 is 0 Å². The van der Waals surface area contributed by atoms with Gasteiger partial charge in [-0.25, -0.2) is 0 Å². The van der Waals surface area contributed by atoms with E-state index in [0.29, 0.717) is 0 Å². The quantitative estimate of drug-likeness (QED) is 0.537. The lowest BCUT2D eigenvalue weighted by Crippen LogP contribution is -1.70. The first-order valence-corrected chi connectivity index (χ1v) is 4.07. The molecule has 0 saturated heterocycles. The molecule has 0 aliphatic heterocycles. The summed E-state index contributed by atoms with van der Waals surface area (Å²) in [5, 5.41) is 3.11. The first kappa shape index (κ1) is 6.38. The Kier molecular flexibility index (Phi) is 1.38. The summed E-state index contributed by atoms with van der Waals surface area (Å²) in [6.45, 7) is 0. The van der Waals surface area contributed by atoms with Gasteiger partial charge in [0, 0.05) is 28.7 Å². The smallest absolute Gasteiger partial charge is 0.0539 e. The van der Waals surface area contributed by atoms with Gasteiger partial charge in [-0.1, -0.05) is 5.92 Å². The summed E-state index contributed by atoms with van der Waals surface area (Å²) in [6, 6.07) is 1.95. The van der Waals surface area contributed by atoms with Crippen LogP contribution >= 0.6 is 11.3 Å². The van der Waals surface area contributed by atoms with E-state index in [-0.39, 0.29) is 0 Å². The fourth-order valence-electron chi connectivity index (χ4n) is 0.994. The maximum absolute atomic E-state index is 5.30. The Balaban J connectivity index is 2.89. The van der Waals surface area contributed by atoms with Crippen LogP contribution in [0.2, 0.25) is 0 Å². The molecule has 0 unspecified atom stereocenters. The molecule has 2 rings (SSSR count). The lowest BCUT2D eigenvalue weighted by molar-refractivity contribution is 1.37. The number of hydrogen-bond donors (Lipinski definition) is 0. The highest BCUT2D eigenvalue weighted by atomic mass is 32.1. The van der Waals surface area contributed by atoms with E-state index in [9.17, 15) is 0 Å². The van der Waals surface area contributed by atoms with Crippen molar-refractivity contribution in [2.75, 3.05) is 0 Å². The Morgan fingerprint density at radius 2 is 2.45 bits per heavy atom. The van der Waals surface area contributed by atoms with Crippen molar-refractivity contribution in [2.24, 2.45) is 0 Å². The maximum atomic E-state index is 5.30. The summed E-state index contributed by atoms with van der Waals surface area (Å²) in [5.74, 6) is 2.63. The van der Waals surface area contributed by atoms with Gasteiger partial charge in [-0.2, -0.15) is 0 Å². The van der Waals surface area contributed by atoms with E-state index in [1.165, 1.54) is 0 Å². The number of hydrogen-bond acceptors (Lipinski definition) is 2. The molecule has 0 N–H and O–H groups in total. The van der Waals surface area contributed by atoms with E-state index in [1.807, 2.05) is 17.6 Å². The Morgan fingerprint density at radius 3 is 3.27 bits per heavy atom. The number of rotatable bonds is 0. The van der Waals surface area contributed by atoms with Crippen molar-refractivity contribution in [2.45, 2.75) is 0 Å². The Morgan fingerprint density at radius 1 is 1.55 bits per heavy atom. The monoisotopic (exact) mass is 159 g/mol. The van der Waals surface area contributed by atoms with Crippen molar-refractivity contribution in [1.29, 1.82) is 0 Å². The summed E-state index contributed by atoms with van der Waals surface area (Å²) in [5.41, 5.74) is 0.965. The summed E-state index contributed by atoms with van der Waals surface area (Å²) in [7, 11) is 0. The molecule has 11 heavy (non-hydrogen) atoms. The van der Waals surface area contributed by atoms with Crippen LogP contribution in [0.5, 0.6) is 0 Å². The zero-order chi connectivity index (χ0) is 7.68. The van der Waals surface area contributed by atoms with Crippen LogP contribution in [0.25, 0.3) is 10.1 Å². The second-order valence-corrected chi connectivity index (χ2v) is 3.08. The molecule has 2 heterocycles. The molecule has 0 amide bonds. The molecule has 0 aliphatic rings. The number of pyridine rings is 1. The molecule has 0 aromatic carbocycles. The molecular formula is C9H5NS. The van der Waals surface area contributed by atoms with Crippen LogP contribution in [0, 0.1) is 12.3 Å². The van der Waals surface area contributed by atoms with E-state index in [2.05, 4.69) is 10.9 Å². The minimum Gasteiger partial charge on any atom is -0.263 e. The Labute approximate surface area is 68.7 Å². The van der Waals surface area contributed by atoms with E-state index in [4.69, 9.17) is 6.42 Å². The largest absolute Gasteiger partial charge is 0.263 e. The van der Waals surface area contributed by atoms with Crippen molar-refractivity contribution in [3.8, 4) is 12.3 Å². The van der Waals surface area contributed by atoms with Crippen molar-refractivity contribution in [3.05, 3.63) is 29.4 Å². The van der Waals surface area contributed by atoms with Crippen LogP contribution in [0.3, 0.4) is 0 Å². The van der Waals surface area contributed by atoms with Gasteiger partial charge in [0.25, 0.3) is 0 Å². The molecule has 0 bridgehead atoms. The van der Waals surface area contributed by atoms with E-state index >= 15 is 0 Å². The third-order valence-electron chi connectivity index (χ3n) is 1.53. The van der Waals surface area contributed by atoms with Gasteiger partial charge in [-0.15, -0.1) is 17.8 Å². The van der Waals surface area contributed by atoms with Gasteiger partial charge in [0.2, 0.25) is 0 Å². The molecule has 2 heteroatoms. The van der Waals surface area contributed by atoms with Crippen LogP contribution in [-0.4, -0.2) is 4.98 Å². The molecule has 0 radical (unpaired) electrons. The third kappa shape index (κ3) is 0.903. The number of aromatic nitrogens is 1. The van der Waals surface area contributed by atoms with Gasteiger partial charge in [0.05, 0.1) is 4.70 Å². The Hall–Kier alpha value is -1.33. The zero-order valence-corrected chi connectivity index (χ0v) is 6.56. The summed E-state index contributed by atoms with van der Waals surface area (Å²) in [4.78, 5) is 4.00. The topological polar surface area (TPSA) is 12.9 Å². The van der Waals surface area contributed by atoms with E-state index in [0.717, 1.165) is 15.6 Å². The second-order valence-electron chi connectivity index (χ2n) is 2.17. The van der Waals surface area contributed by atoms with Gasteiger partial charge in [0.15, 0.2) is 0 Å². The molecule has 1 nitrogen and oxygen atoms in total. The molecule has 0 spiro atoms. The minimum absolute atomic E-state index is 0.965. The third-order valence-corrected chi connectivity index (χ3v) is 2.47. The molecule has 0 saturated carbocycles. The predicted octanol–water partition coefficient (Wildman–Crippen LogP) is 2.28. The lowest BCUT2D eigenvalue weighted by Gasteiger charge is -1.85. The zero-order valence-electron chi connectivity index (χ0n) is 5.74. The van der Waals surface area contributed by atoms with Crippen LogP contribution in [0.4, 0.5) is 0 Å². The lowest BCUT2D eigenvalue weighted by atomic mass is 10.2. The average molecular weight is 159 g/mol. The standard InChI is InChI=1S/C9H5NS/c1-2-7-6-11-9-5-10-4-3-8(7)9/h1,3-6H. The normalized spacial score (nSPS) is 9.73. The van der Waals surface area contributed by atoms with E-state index < -0.39 is 0 Å². The summed E-state index contributed by atoms with van der Waals surface area (Å²) < 4.78 is 1.15. The number of terminal acetylenes is 1. The SMILES string of the molecule is C#Cc1csc2cnccc12. The first-order chi connectivity index (χ1) is 5.42. The van der Waals surface area contributed by atoms with E-state index in [1.54, 1.807) is 17.5 Å². The molecule has 52 valence electrons. The molecular weight excluding hydrogens is 154 g/mol. The second kappa shape index (κ2) is 2.37. The number of nitrogens with zero attached hydrogens (tertiary/aromatic N) is 1. The minimum atomic E-state index is 0.965. The van der Waals surface area contributed by atoms with Gasteiger partial charge in [0.1, 0.15) is 0 Å². The van der Waals surface area contributed by atoms with Crippen LogP contribution < -0.4 is 0 Å². The summed E-state index contributed by atoms with van der Waals surface area (Å²) in [6.07, 6.45) is 8.89. The van der Waals surface area contributed by atoms with Crippen LogP contribution in [-0.2, 0) is 0 Å². The number of fused-ring (bicyclic) bond motifs is 1. The van der Waals surface area contributed by atoms with Gasteiger partial charge < -0.3 is 0 Å². The van der Waals surface area contributed by atoms with Gasteiger partial charge >= 0.3 is 0 Å². The highest BCUT2D eigenvalue weighted by molar-refractivity contribution is 7.17. The van der Waals surface area contributed by atoms with Gasteiger partial charge in [-0.05, 0) is 6.07 Å². The van der Waals surface area contributed by atoms with Gasteiger partial charge in [-0.3, -0.25) is 4.98 Å². The molecule has 2 aromatic rings. The number of thiophene rings is 1. The van der Waals surface area contributed by atoms with Crippen molar-refractivity contribution >= 4 is 21.4 Å². The summed E-state index contributed by atoms with van der Waals surface area (Å²) >= 11 is 1.63. The highest BCUT2D eigenvalue weighted by Gasteiger charge is 1.98. The molecule has 2 aromatic heterocycles. The predicted molar refractivity (Wildman–Crippen MR) is 47.6 cm³/mol. The van der Waals surface area contributed by atoms with Crippen molar-refractivity contribution in [3.63, 3.8) is 0 Å².